The van der Waals surface area contributed by atoms with E-state index in [-0.39, 0.29) is 36.8 Å². The van der Waals surface area contributed by atoms with E-state index in [1.165, 1.54) is 4.90 Å². The summed E-state index contributed by atoms with van der Waals surface area (Å²) in [6.07, 6.45) is 2.21. The molecule has 0 fully saturated rings. The van der Waals surface area contributed by atoms with Crippen LogP contribution in [0.4, 0.5) is 0 Å². The molecule has 0 bridgehead atoms. The molecule has 3 amide bonds. The molecule has 1 aliphatic heterocycles. The summed E-state index contributed by atoms with van der Waals surface area (Å²) in [5.74, 6) is -0.292. The molecule has 4 rings (SSSR count). The average molecular weight is 431 g/mol. The number of aromatic nitrogens is 1. The van der Waals surface area contributed by atoms with Gasteiger partial charge in [0.25, 0.3) is 11.8 Å². The van der Waals surface area contributed by atoms with Gasteiger partial charge in [0.1, 0.15) is 0 Å². The maximum atomic E-state index is 12.9. The summed E-state index contributed by atoms with van der Waals surface area (Å²) < 4.78 is 5.67. The molecule has 2 aromatic carbocycles. The second kappa shape index (κ2) is 9.18. The number of benzene rings is 2. The van der Waals surface area contributed by atoms with Crippen LogP contribution in [-0.4, -0.2) is 40.3 Å². The Bertz CT molecular complexity index is 1140. The van der Waals surface area contributed by atoms with Gasteiger partial charge in [-0.25, -0.2) is 4.98 Å². The summed E-state index contributed by atoms with van der Waals surface area (Å²) >= 11 is 0. The number of imide groups is 1. The Morgan fingerprint density at radius 3 is 2.38 bits per heavy atom. The lowest BCUT2D eigenvalue weighted by Crippen LogP contribution is -2.41. The van der Waals surface area contributed by atoms with E-state index in [4.69, 9.17) is 4.74 Å². The smallest absolute Gasteiger partial charge is 0.261 e. The number of nitrogens with one attached hydrogen (secondary N) is 1. The van der Waals surface area contributed by atoms with E-state index in [0.29, 0.717) is 35.4 Å². The van der Waals surface area contributed by atoms with Crippen molar-refractivity contribution in [1.82, 2.24) is 15.2 Å². The molecule has 0 unspecified atom stereocenters. The molecule has 2 heterocycles. The monoisotopic (exact) mass is 431 g/mol. The van der Waals surface area contributed by atoms with Crippen molar-refractivity contribution in [2.75, 3.05) is 6.54 Å². The highest BCUT2D eigenvalue weighted by molar-refractivity contribution is 6.25. The quantitative estimate of drug-likeness (QED) is 0.549. The number of ether oxygens (including phenoxy) is 1. The Morgan fingerprint density at radius 1 is 1.03 bits per heavy atom. The van der Waals surface area contributed by atoms with Crippen LogP contribution in [0.25, 0.3) is 10.8 Å². The van der Waals surface area contributed by atoms with Crippen LogP contribution >= 0.6 is 0 Å². The van der Waals surface area contributed by atoms with Crippen LogP contribution < -0.4 is 10.1 Å². The third-order valence-corrected chi connectivity index (χ3v) is 5.31. The Morgan fingerprint density at radius 2 is 1.72 bits per heavy atom. The van der Waals surface area contributed by atoms with Crippen molar-refractivity contribution < 1.29 is 19.1 Å². The van der Waals surface area contributed by atoms with Crippen molar-refractivity contribution in [2.24, 2.45) is 0 Å². The number of carbonyl (C=O) groups is 3. The van der Waals surface area contributed by atoms with Crippen molar-refractivity contribution in [3.63, 3.8) is 0 Å². The molecule has 7 heteroatoms. The van der Waals surface area contributed by atoms with Gasteiger partial charge in [0.15, 0.2) is 0 Å². The molecular formula is C25H25N3O4. The third-order valence-electron chi connectivity index (χ3n) is 5.31. The molecule has 0 spiro atoms. The van der Waals surface area contributed by atoms with Gasteiger partial charge in [-0.1, -0.05) is 30.3 Å². The van der Waals surface area contributed by atoms with Crippen LogP contribution in [0.3, 0.4) is 0 Å². The lowest BCUT2D eigenvalue weighted by atomic mass is 9.94. The van der Waals surface area contributed by atoms with E-state index in [0.717, 1.165) is 10.9 Å². The van der Waals surface area contributed by atoms with Gasteiger partial charge < -0.3 is 10.1 Å². The SMILES string of the molecule is CC(C)Oc1ncccc1CNC(=O)CCCN1C(=O)c2cccc3cccc(c23)C1=O. The molecule has 164 valence electrons. The van der Waals surface area contributed by atoms with Crippen molar-refractivity contribution >= 4 is 28.5 Å². The summed E-state index contributed by atoms with van der Waals surface area (Å²) in [6, 6.07) is 14.5. The van der Waals surface area contributed by atoms with Crippen molar-refractivity contribution in [3.05, 3.63) is 71.4 Å². The van der Waals surface area contributed by atoms with Gasteiger partial charge >= 0.3 is 0 Å². The first-order chi connectivity index (χ1) is 15.5. The van der Waals surface area contributed by atoms with Crippen molar-refractivity contribution in [3.8, 4) is 5.88 Å². The summed E-state index contributed by atoms with van der Waals surface area (Å²) in [4.78, 5) is 43.6. The van der Waals surface area contributed by atoms with Gasteiger partial charge in [-0.05, 0) is 43.9 Å². The highest BCUT2D eigenvalue weighted by atomic mass is 16.5. The lowest BCUT2D eigenvalue weighted by Gasteiger charge is -2.27. The molecule has 0 radical (unpaired) electrons. The number of amides is 3. The number of hydrogen-bond acceptors (Lipinski definition) is 5. The van der Waals surface area contributed by atoms with Crippen LogP contribution in [0, 0.1) is 0 Å². The van der Waals surface area contributed by atoms with E-state index in [1.807, 2.05) is 44.2 Å². The molecule has 32 heavy (non-hydrogen) atoms. The molecule has 0 atom stereocenters. The van der Waals surface area contributed by atoms with E-state index in [1.54, 1.807) is 24.4 Å². The van der Waals surface area contributed by atoms with Crippen LogP contribution in [0.1, 0.15) is 53.0 Å². The summed E-state index contributed by atoms with van der Waals surface area (Å²) in [5, 5.41) is 4.43. The van der Waals surface area contributed by atoms with Gasteiger partial charge in [-0.15, -0.1) is 0 Å². The maximum Gasteiger partial charge on any atom is 0.261 e. The molecule has 0 saturated carbocycles. The number of pyridine rings is 1. The van der Waals surface area contributed by atoms with Gasteiger partial charge in [0.05, 0.1) is 6.10 Å². The number of hydrogen-bond donors (Lipinski definition) is 1. The predicted molar refractivity (Wildman–Crippen MR) is 120 cm³/mol. The normalized spacial score (nSPS) is 13.0. The van der Waals surface area contributed by atoms with Crippen LogP contribution in [0.2, 0.25) is 0 Å². The zero-order valence-corrected chi connectivity index (χ0v) is 18.1. The second-order valence-electron chi connectivity index (χ2n) is 7.99. The Labute approximate surface area is 186 Å². The Hall–Kier alpha value is -3.74. The minimum Gasteiger partial charge on any atom is -0.475 e. The van der Waals surface area contributed by atoms with E-state index >= 15 is 0 Å². The summed E-state index contributed by atoms with van der Waals surface area (Å²) in [5.41, 5.74) is 1.84. The molecule has 1 N–H and O–H groups in total. The Balaban J connectivity index is 1.35. The maximum absolute atomic E-state index is 12.9. The van der Waals surface area contributed by atoms with Gasteiger partial charge in [-0.3, -0.25) is 19.3 Å². The number of carbonyl (C=O) groups excluding carboxylic acids is 3. The average Bonchev–Trinajstić information content (AvgIpc) is 2.78. The summed E-state index contributed by atoms with van der Waals surface area (Å²) in [7, 11) is 0. The molecule has 1 aromatic heterocycles. The third kappa shape index (κ3) is 4.32. The van der Waals surface area contributed by atoms with Crippen LogP contribution in [-0.2, 0) is 11.3 Å². The van der Waals surface area contributed by atoms with Gasteiger partial charge in [0.2, 0.25) is 11.8 Å². The zero-order valence-electron chi connectivity index (χ0n) is 18.1. The largest absolute Gasteiger partial charge is 0.475 e. The van der Waals surface area contributed by atoms with E-state index in [9.17, 15) is 14.4 Å². The first-order valence-electron chi connectivity index (χ1n) is 10.7. The predicted octanol–water partition coefficient (Wildman–Crippen LogP) is 3.71. The molecular weight excluding hydrogens is 406 g/mol. The first kappa shape index (κ1) is 21.5. The fourth-order valence-corrected chi connectivity index (χ4v) is 3.85. The molecule has 1 aliphatic rings. The van der Waals surface area contributed by atoms with E-state index in [2.05, 4.69) is 10.3 Å². The zero-order chi connectivity index (χ0) is 22.7. The molecule has 7 nitrogen and oxygen atoms in total. The fraction of sp³-hybridized carbons (Fsp3) is 0.280. The minimum absolute atomic E-state index is 0.0186. The highest BCUT2D eigenvalue weighted by Gasteiger charge is 2.32. The Kier molecular flexibility index (Phi) is 6.16. The molecule has 0 aliphatic carbocycles. The van der Waals surface area contributed by atoms with Gasteiger partial charge in [-0.2, -0.15) is 0 Å². The number of rotatable bonds is 8. The van der Waals surface area contributed by atoms with Gasteiger partial charge in [0, 0.05) is 47.8 Å². The standard InChI is InChI=1S/C25H25N3O4/c1-16(2)32-23-18(9-5-13-26-23)15-27-21(29)12-6-14-28-24(30)19-10-3-7-17-8-4-11-20(22(17)19)25(28)31/h3-5,7-11,13,16H,6,12,14-15H2,1-2H3,(H,27,29). The van der Waals surface area contributed by atoms with Crippen molar-refractivity contribution in [2.45, 2.75) is 39.3 Å². The highest BCUT2D eigenvalue weighted by Crippen LogP contribution is 2.30. The molecule has 3 aromatic rings. The van der Waals surface area contributed by atoms with E-state index < -0.39 is 0 Å². The van der Waals surface area contributed by atoms with Crippen molar-refractivity contribution in [1.29, 1.82) is 0 Å². The fourth-order valence-electron chi connectivity index (χ4n) is 3.85. The number of nitrogens with zero attached hydrogens (tertiary/aromatic N) is 2. The first-order valence-corrected chi connectivity index (χ1v) is 10.7. The molecule has 0 saturated heterocycles. The summed E-state index contributed by atoms with van der Waals surface area (Å²) in [6.45, 7) is 4.31. The minimum atomic E-state index is -0.314. The topological polar surface area (TPSA) is 88.6 Å². The van der Waals surface area contributed by atoms with Crippen LogP contribution in [0.5, 0.6) is 5.88 Å². The van der Waals surface area contributed by atoms with Crippen LogP contribution in [0.15, 0.2) is 54.7 Å². The lowest BCUT2D eigenvalue weighted by molar-refractivity contribution is -0.121. The second-order valence-corrected chi connectivity index (χ2v) is 7.99.